The fourth-order valence-corrected chi connectivity index (χ4v) is 0. The topological polar surface area (TPSA) is 44.2 Å². The van der Waals surface area contributed by atoms with Crippen LogP contribution >= 0.6 is 23.7 Å². The molecule has 0 unspecified atom stereocenters. The van der Waals surface area contributed by atoms with Crippen molar-refractivity contribution in [1.82, 2.24) is 6.15 Å². The van der Waals surface area contributed by atoms with Crippen LogP contribution in [-0.4, -0.2) is 0 Å². The minimum Gasteiger partial charge on any atom is -0.344 e. The molecule has 0 spiro atoms. The van der Waals surface area contributed by atoms with Gasteiger partial charge < -0.3 is 6.15 Å². The van der Waals surface area contributed by atoms with Crippen LogP contribution in [0.25, 0.3) is 0 Å². The van der Waals surface area contributed by atoms with Crippen molar-refractivity contribution in [3.05, 3.63) is 0 Å². The molecule has 0 aliphatic heterocycles. The van der Waals surface area contributed by atoms with Crippen LogP contribution in [0.15, 0.2) is 0 Å². The van der Waals surface area contributed by atoms with Gasteiger partial charge >= 0.3 is 19.5 Å². The largest absolute Gasteiger partial charge is 3.00 e. The van der Waals surface area contributed by atoms with E-state index >= 15 is 0 Å². The molecule has 0 rings (SSSR count). The van der Waals surface area contributed by atoms with E-state index in [0.717, 1.165) is 0 Å². The van der Waals surface area contributed by atoms with Gasteiger partial charge in [0.05, 0.1) is 23.7 Å². The van der Waals surface area contributed by atoms with E-state index in [4.69, 9.17) is 0 Å². The summed E-state index contributed by atoms with van der Waals surface area (Å²) in [6.07, 6.45) is 0. The molecule has 3 N–H and O–H groups in total. The van der Waals surface area contributed by atoms with E-state index in [9.17, 15) is 0 Å². The standard InChI is InChI=1S/Cl2O.H3N.Ru/c1-3-2;;/h;1H3;/q;;+3. The Hall–Kier alpha value is 1.12. The Balaban J connectivity index is -0.0000000200. The van der Waals surface area contributed by atoms with Crippen LogP contribution in [0.2, 0.25) is 0 Å². The smallest absolute Gasteiger partial charge is 0.344 e. The van der Waals surface area contributed by atoms with E-state index < -0.39 is 0 Å². The van der Waals surface area contributed by atoms with Crippen LogP contribution in [0.4, 0.5) is 0 Å². The molecule has 0 atom stereocenters. The third-order valence-electron chi connectivity index (χ3n) is 0. The van der Waals surface area contributed by atoms with Crippen LogP contribution < -0.4 is 6.15 Å². The Morgan fingerprint density at radius 3 is 1.20 bits per heavy atom. The maximum absolute atomic E-state index is 4.26. The molecule has 0 aromatic rings. The van der Waals surface area contributed by atoms with E-state index in [0.29, 0.717) is 0 Å². The molecule has 0 aromatic heterocycles. The van der Waals surface area contributed by atoms with Gasteiger partial charge in [0, 0.05) is 0 Å². The molecule has 5 heteroatoms. The predicted molar refractivity (Wildman–Crippen MR) is 17.8 cm³/mol. The normalized spacial score (nSPS) is 3.60. The minimum absolute atomic E-state index is 0. The molecule has 0 heterocycles. The molecule has 0 fully saturated rings. The summed E-state index contributed by atoms with van der Waals surface area (Å²) in [5.41, 5.74) is 0. The summed E-state index contributed by atoms with van der Waals surface area (Å²) in [5, 5.41) is 0. The second-order valence-electron chi connectivity index (χ2n) is 0.0583. The molecule has 0 bridgehead atoms. The van der Waals surface area contributed by atoms with Crippen LogP contribution in [0.1, 0.15) is 0 Å². The molecule has 1 radical (unpaired) electrons. The molecule has 33 valence electrons. The number of rotatable bonds is 0. The van der Waals surface area contributed by atoms with E-state index in [2.05, 4.69) is 27.6 Å². The summed E-state index contributed by atoms with van der Waals surface area (Å²) >= 11 is 8.53. The van der Waals surface area contributed by atoms with E-state index in [1.807, 2.05) is 0 Å². The fourth-order valence-electron chi connectivity index (χ4n) is 0. The zero-order valence-electron chi connectivity index (χ0n) is 2.22. The molecular formula is H3Cl2NORu+3. The first kappa shape index (κ1) is 16.5. The van der Waals surface area contributed by atoms with Gasteiger partial charge in [-0.3, -0.25) is 0 Å². The second-order valence-corrected chi connectivity index (χ2v) is 0.525. The average Bonchev–Trinajstić information content (AvgIpc) is 0.918. The molecule has 0 aliphatic carbocycles. The van der Waals surface area contributed by atoms with Crippen LogP contribution in [0.3, 0.4) is 0 Å². The first-order valence-electron chi connectivity index (χ1n) is 0.309. The van der Waals surface area contributed by atoms with Gasteiger partial charge in [0.15, 0.2) is 0 Å². The van der Waals surface area contributed by atoms with Gasteiger partial charge in [-0.25, -0.2) is 0 Å². The summed E-state index contributed by atoms with van der Waals surface area (Å²) in [7, 11) is 0. The van der Waals surface area contributed by atoms with E-state index in [-0.39, 0.29) is 25.6 Å². The van der Waals surface area contributed by atoms with Crippen molar-refractivity contribution in [3.63, 3.8) is 0 Å². The van der Waals surface area contributed by atoms with Gasteiger partial charge in [-0.15, -0.1) is 0 Å². The van der Waals surface area contributed by atoms with Gasteiger partial charge in [-0.2, -0.15) is 3.84 Å². The monoisotopic (exact) mass is 205 g/mol. The minimum atomic E-state index is 0. The summed E-state index contributed by atoms with van der Waals surface area (Å²) < 4.78 is 3.19. The molecule has 0 aromatic carbocycles. The molecule has 2 nitrogen and oxygen atoms in total. The Labute approximate surface area is 53.5 Å². The maximum Gasteiger partial charge on any atom is 3.00 e. The zero-order valence-corrected chi connectivity index (χ0v) is 5.47. The summed E-state index contributed by atoms with van der Waals surface area (Å²) in [4.78, 5) is 0. The Morgan fingerprint density at radius 1 is 1.20 bits per heavy atom. The second kappa shape index (κ2) is 19.3. The summed E-state index contributed by atoms with van der Waals surface area (Å²) in [5.74, 6) is 0. The first-order chi connectivity index (χ1) is 1.41. The SMILES string of the molecule is ClOCl.N.[Ru+3]. The fraction of sp³-hybridized carbons (Fsp3) is 0. The molecule has 5 heavy (non-hydrogen) atoms. The van der Waals surface area contributed by atoms with Crippen molar-refractivity contribution in [2.24, 2.45) is 0 Å². The van der Waals surface area contributed by atoms with E-state index in [1.54, 1.807) is 0 Å². The van der Waals surface area contributed by atoms with E-state index in [1.165, 1.54) is 0 Å². The van der Waals surface area contributed by atoms with Gasteiger partial charge in [0.25, 0.3) is 0 Å². The third-order valence-corrected chi connectivity index (χ3v) is 0. The van der Waals surface area contributed by atoms with Gasteiger partial charge in [-0.1, -0.05) is 0 Å². The number of hydrogen-bond donors (Lipinski definition) is 1. The third kappa shape index (κ3) is 39.6. The van der Waals surface area contributed by atoms with Crippen molar-refractivity contribution < 1.29 is 23.3 Å². The van der Waals surface area contributed by atoms with Crippen LogP contribution in [-0.2, 0) is 23.3 Å². The number of halogens is 2. The summed E-state index contributed by atoms with van der Waals surface area (Å²) in [6.45, 7) is 0. The average molecular weight is 205 g/mol. The molecule has 0 saturated carbocycles. The van der Waals surface area contributed by atoms with Crippen LogP contribution in [0, 0.1) is 0 Å². The molecular weight excluding hydrogens is 202 g/mol. The quantitative estimate of drug-likeness (QED) is 0.608. The summed E-state index contributed by atoms with van der Waals surface area (Å²) in [6, 6.07) is 0. The van der Waals surface area contributed by atoms with Crippen molar-refractivity contribution in [3.8, 4) is 0 Å². The Bertz CT molecular complexity index is 9.61. The van der Waals surface area contributed by atoms with Crippen LogP contribution in [0.5, 0.6) is 0 Å². The molecule has 0 aliphatic rings. The molecule has 0 amide bonds. The van der Waals surface area contributed by atoms with Crippen molar-refractivity contribution >= 4 is 23.7 Å². The zero-order chi connectivity index (χ0) is 2.71. The maximum atomic E-state index is 4.26. The van der Waals surface area contributed by atoms with Gasteiger partial charge in [-0.05, 0) is 0 Å². The van der Waals surface area contributed by atoms with Crippen molar-refractivity contribution in [1.29, 1.82) is 0 Å². The Morgan fingerprint density at radius 2 is 1.20 bits per heavy atom. The van der Waals surface area contributed by atoms with Crippen molar-refractivity contribution in [2.45, 2.75) is 0 Å². The Kier molecular flexibility index (Phi) is 63.7. The van der Waals surface area contributed by atoms with Gasteiger partial charge in [0.2, 0.25) is 0 Å². The molecule has 0 saturated heterocycles. The number of hydrogen-bond acceptors (Lipinski definition) is 2. The van der Waals surface area contributed by atoms with Crippen molar-refractivity contribution in [2.75, 3.05) is 0 Å². The van der Waals surface area contributed by atoms with Gasteiger partial charge in [0.1, 0.15) is 0 Å². The first-order valence-corrected chi connectivity index (χ1v) is 0.926. The predicted octanol–water partition coefficient (Wildman–Crippen LogP) is 1.47.